The minimum atomic E-state index is -1.04. The van der Waals surface area contributed by atoms with Gasteiger partial charge in [0.15, 0.2) is 0 Å². The van der Waals surface area contributed by atoms with Crippen molar-refractivity contribution in [2.75, 3.05) is 18.5 Å². The monoisotopic (exact) mass is 256 g/mol. The third kappa shape index (κ3) is 3.08. The van der Waals surface area contributed by atoms with Gasteiger partial charge in [-0.2, -0.15) is 0 Å². The molecule has 1 saturated heterocycles. The molecule has 0 saturated carbocycles. The van der Waals surface area contributed by atoms with Crippen LogP contribution in [0.2, 0.25) is 5.02 Å². The molecule has 1 aromatic heterocycles. The van der Waals surface area contributed by atoms with Crippen molar-refractivity contribution >= 4 is 23.4 Å². The summed E-state index contributed by atoms with van der Waals surface area (Å²) in [4.78, 5) is 14.7. The molecule has 5 nitrogen and oxygen atoms in total. The second-order valence-electron chi connectivity index (χ2n) is 3.88. The number of carboxylic acid groups (broad SMARTS) is 1. The largest absolute Gasteiger partial charge is 0.478 e. The Kier molecular flexibility index (Phi) is 3.81. The van der Waals surface area contributed by atoms with E-state index in [4.69, 9.17) is 21.4 Å². The van der Waals surface area contributed by atoms with E-state index in [2.05, 4.69) is 10.3 Å². The highest BCUT2D eigenvalue weighted by Crippen LogP contribution is 2.21. The van der Waals surface area contributed by atoms with Gasteiger partial charge in [-0.05, 0) is 18.9 Å². The molecule has 6 heteroatoms. The Hall–Kier alpha value is -1.33. The molecule has 0 aromatic carbocycles. The quantitative estimate of drug-likeness (QED) is 0.862. The van der Waals surface area contributed by atoms with Crippen molar-refractivity contribution in [3.05, 3.63) is 22.8 Å². The Bertz CT molecular complexity index is 419. The van der Waals surface area contributed by atoms with Gasteiger partial charge in [-0.1, -0.05) is 11.6 Å². The van der Waals surface area contributed by atoms with Crippen LogP contribution in [0.5, 0.6) is 0 Å². The van der Waals surface area contributed by atoms with Crippen LogP contribution in [-0.4, -0.2) is 35.3 Å². The van der Waals surface area contributed by atoms with E-state index in [-0.39, 0.29) is 11.7 Å². The van der Waals surface area contributed by atoms with E-state index in [0.717, 1.165) is 19.4 Å². The highest BCUT2D eigenvalue weighted by molar-refractivity contribution is 6.33. The fourth-order valence-electron chi connectivity index (χ4n) is 1.70. The van der Waals surface area contributed by atoms with Gasteiger partial charge >= 0.3 is 5.97 Å². The predicted molar refractivity (Wildman–Crippen MR) is 63.7 cm³/mol. The van der Waals surface area contributed by atoms with Crippen LogP contribution < -0.4 is 5.32 Å². The molecule has 0 spiro atoms. The first-order valence-electron chi connectivity index (χ1n) is 5.41. The summed E-state index contributed by atoms with van der Waals surface area (Å²) in [6.07, 6.45) is 3.57. The number of aromatic nitrogens is 1. The van der Waals surface area contributed by atoms with Crippen molar-refractivity contribution in [2.24, 2.45) is 0 Å². The Balaban J connectivity index is 1.98. The highest BCUT2D eigenvalue weighted by Gasteiger charge is 2.16. The van der Waals surface area contributed by atoms with Crippen LogP contribution in [0.4, 0.5) is 5.82 Å². The lowest BCUT2D eigenvalue weighted by Gasteiger charge is -2.12. The Morgan fingerprint density at radius 3 is 3.12 bits per heavy atom. The minimum Gasteiger partial charge on any atom is -0.478 e. The zero-order valence-corrected chi connectivity index (χ0v) is 9.91. The van der Waals surface area contributed by atoms with Crippen molar-refractivity contribution in [2.45, 2.75) is 18.9 Å². The number of ether oxygens (including phenoxy) is 1. The van der Waals surface area contributed by atoms with Gasteiger partial charge in [0, 0.05) is 19.3 Å². The number of nitrogens with zero attached hydrogens (tertiary/aromatic N) is 1. The molecule has 2 N–H and O–H groups in total. The lowest BCUT2D eigenvalue weighted by Crippen LogP contribution is -2.19. The van der Waals surface area contributed by atoms with E-state index in [9.17, 15) is 4.79 Å². The number of nitrogens with one attached hydrogen (secondary N) is 1. The number of hydrogen-bond acceptors (Lipinski definition) is 4. The summed E-state index contributed by atoms with van der Waals surface area (Å²) < 4.78 is 5.45. The number of pyridine rings is 1. The molecule has 0 amide bonds. The summed E-state index contributed by atoms with van der Waals surface area (Å²) in [5, 5.41) is 12.1. The molecule has 1 aliphatic rings. The number of carboxylic acids is 1. The topological polar surface area (TPSA) is 71.5 Å². The zero-order chi connectivity index (χ0) is 12.3. The zero-order valence-electron chi connectivity index (χ0n) is 9.15. The van der Waals surface area contributed by atoms with E-state index in [1.54, 1.807) is 0 Å². The van der Waals surface area contributed by atoms with Gasteiger partial charge in [0.1, 0.15) is 5.82 Å². The molecule has 1 unspecified atom stereocenters. The number of carbonyl (C=O) groups is 1. The molecular weight excluding hydrogens is 244 g/mol. The van der Waals surface area contributed by atoms with Gasteiger partial charge in [0.05, 0.1) is 16.7 Å². The third-order valence-corrected chi connectivity index (χ3v) is 2.90. The molecule has 0 bridgehead atoms. The maximum absolute atomic E-state index is 10.7. The predicted octanol–water partition coefficient (Wildman–Crippen LogP) is 2.02. The van der Waals surface area contributed by atoms with Crippen LogP contribution in [-0.2, 0) is 4.74 Å². The van der Waals surface area contributed by atoms with Gasteiger partial charge in [-0.15, -0.1) is 0 Å². The molecule has 1 fully saturated rings. The first kappa shape index (κ1) is 12.1. The molecule has 0 radical (unpaired) electrons. The average molecular weight is 257 g/mol. The van der Waals surface area contributed by atoms with Gasteiger partial charge in [-0.25, -0.2) is 9.78 Å². The molecule has 1 aliphatic heterocycles. The molecule has 1 aromatic rings. The molecule has 2 heterocycles. The van der Waals surface area contributed by atoms with Gasteiger partial charge < -0.3 is 15.2 Å². The van der Waals surface area contributed by atoms with E-state index < -0.39 is 5.97 Å². The minimum absolute atomic E-state index is 0.0812. The highest BCUT2D eigenvalue weighted by atomic mass is 35.5. The van der Waals surface area contributed by atoms with E-state index in [1.165, 1.54) is 12.3 Å². The standard InChI is InChI=1S/C11H13ClN2O3/c12-9-4-7(11(15)16)5-13-10(9)14-6-8-2-1-3-17-8/h4-5,8H,1-3,6H2,(H,13,14)(H,15,16). The summed E-state index contributed by atoms with van der Waals surface area (Å²) >= 11 is 5.93. The number of rotatable bonds is 4. The maximum Gasteiger partial charge on any atom is 0.337 e. The van der Waals surface area contributed by atoms with Crippen LogP contribution in [0.3, 0.4) is 0 Å². The summed E-state index contributed by atoms with van der Waals surface area (Å²) in [6.45, 7) is 1.44. The van der Waals surface area contributed by atoms with E-state index in [1.807, 2.05) is 0 Å². The van der Waals surface area contributed by atoms with Crippen molar-refractivity contribution in [1.29, 1.82) is 0 Å². The van der Waals surface area contributed by atoms with Crippen LogP contribution in [0, 0.1) is 0 Å². The fourth-order valence-corrected chi connectivity index (χ4v) is 1.93. The van der Waals surface area contributed by atoms with Crippen LogP contribution in [0.15, 0.2) is 12.3 Å². The van der Waals surface area contributed by atoms with E-state index in [0.29, 0.717) is 17.4 Å². The molecule has 1 atom stereocenters. The fraction of sp³-hybridized carbons (Fsp3) is 0.455. The smallest absolute Gasteiger partial charge is 0.337 e. The second-order valence-corrected chi connectivity index (χ2v) is 4.28. The van der Waals surface area contributed by atoms with Crippen molar-refractivity contribution in [1.82, 2.24) is 4.98 Å². The first-order valence-corrected chi connectivity index (χ1v) is 5.79. The van der Waals surface area contributed by atoms with Crippen molar-refractivity contribution < 1.29 is 14.6 Å². The average Bonchev–Trinajstić information content (AvgIpc) is 2.80. The molecule has 92 valence electrons. The van der Waals surface area contributed by atoms with Gasteiger partial charge in [0.25, 0.3) is 0 Å². The lowest BCUT2D eigenvalue weighted by atomic mass is 10.2. The van der Waals surface area contributed by atoms with Crippen molar-refractivity contribution in [3.8, 4) is 0 Å². The van der Waals surface area contributed by atoms with Gasteiger partial charge in [-0.3, -0.25) is 0 Å². The molecule has 0 aliphatic carbocycles. The molecule has 17 heavy (non-hydrogen) atoms. The second kappa shape index (κ2) is 5.33. The van der Waals surface area contributed by atoms with Crippen LogP contribution in [0.1, 0.15) is 23.2 Å². The SMILES string of the molecule is O=C(O)c1cnc(NCC2CCCO2)c(Cl)c1. The Labute approximate surface area is 104 Å². The lowest BCUT2D eigenvalue weighted by molar-refractivity contribution is 0.0696. The Morgan fingerprint density at radius 1 is 1.71 bits per heavy atom. The summed E-state index contributed by atoms with van der Waals surface area (Å²) in [5.41, 5.74) is 0.0812. The number of anilines is 1. The van der Waals surface area contributed by atoms with Gasteiger partial charge in [0.2, 0.25) is 0 Å². The maximum atomic E-state index is 10.7. The third-order valence-electron chi connectivity index (χ3n) is 2.61. The normalized spacial score (nSPS) is 19.2. The van der Waals surface area contributed by atoms with E-state index >= 15 is 0 Å². The summed E-state index contributed by atoms with van der Waals surface area (Å²) in [6, 6.07) is 1.38. The number of halogens is 1. The van der Waals surface area contributed by atoms with Crippen LogP contribution in [0.25, 0.3) is 0 Å². The first-order chi connectivity index (χ1) is 8.16. The molecule has 2 rings (SSSR count). The van der Waals surface area contributed by atoms with Crippen molar-refractivity contribution in [3.63, 3.8) is 0 Å². The summed E-state index contributed by atoms with van der Waals surface area (Å²) in [5.74, 6) is -0.544. The summed E-state index contributed by atoms with van der Waals surface area (Å²) in [7, 11) is 0. The number of aromatic carboxylic acids is 1. The number of hydrogen-bond donors (Lipinski definition) is 2. The molecular formula is C11H13ClN2O3. The van der Waals surface area contributed by atoms with Crippen LogP contribution >= 0.6 is 11.6 Å². The Morgan fingerprint density at radius 2 is 2.53 bits per heavy atom.